The highest BCUT2D eigenvalue weighted by molar-refractivity contribution is 5.87. The third kappa shape index (κ3) is 5.33. The van der Waals surface area contributed by atoms with Crippen molar-refractivity contribution in [1.82, 2.24) is 5.32 Å². The van der Waals surface area contributed by atoms with Crippen LogP contribution in [-0.4, -0.2) is 19.2 Å². The fourth-order valence-corrected chi connectivity index (χ4v) is 2.53. The number of benzene rings is 2. The van der Waals surface area contributed by atoms with E-state index in [2.05, 4.69) is 16.9 Å². The summed E-state index contributed by atoms with van der Waals surface area (Å²) in [5, 5.41) is 2.68. The SMILES string of the molecule is C=CC(=O)NCc1ccc(-c2ccc(C(F)(F)F)cc2)cc1/C(N)=C/C=NC. The highest BCUT2D eigenvalue weighted by Gasteiger charge is 2.29. The predicted molar refractivity (Wildman–Crippen MR) is 106 cm³/mol. The minimum Gasteiger partial charge on any atom is -0.398 e. The average Bonchev–Trinajstić information content (AvgIpc) is 2.69. The Kier molecular flexibility index (Phi) is 6.76. The molecule has 0 unspecified atom stereocenters. The Hall–Kier alpha value is -3.35. The first-order valence-corrected chi connectivity index (χ1v) is 8.35. The third-order valence-electron chi connectivity index (χ3n) is 4.01. The van der Waals surface area contributed by atoms with Gasteiger partial charge < -0.3 is 11.1 Å². The number of nitrogens with one attached hydrogen (secondary N) is 1. The van der Waals surface area contributed by atoms with Crippen molar-refractivity contribution in [3.63, 3.8) is 0 Å². The minimum absolute atomic E-state index is 0.227. The van der Waals surface area contributed by atoms with Gasteiger partial charge in [-0.25, -0.2) is 0 Å². The third-order valence-corrected chi connectivity index (χ3v) is 4.01. The highest BCUT2D eigenvalue weighted by Crippen LogP contribution is 2.32. The Morgan fingerprint density at radius 2 is 1.82 bits per heavy atom. The number of alkyl halides is 3. The zero-order chi connectivity index (χ0) is 20.7. The summed E-state index contributed by atoms with van der Waals surface area (Å²) in [6, 6.07) is 10.2. The first kappa shape index (κ1) is 21.0. The van der Waals surface area contributed by atoms with Crippen LogP contribution in [0.15, 0.2) is 66.2 Å². The van der Waals surface area contributed by atoms with Gasteiger partial charge in [0.2, 0.25) is 5.91 Å². The van der Waals surface area contributed by atoms with Gasteiger partial charge in [0.15, 0.2) is 0 Å². The Labute approximate surface area is 161 Å². The number of carbonyl (C=O) groups excluding carboxylic acids is 1. The highest BCUT2D eigenvalue weighted by atomic mass is 19.4. The molecule has 0 saturated heterocycles. The summed E-state index contributed by atoms with van der Waals surface area (Å²) in [5.41, 5.74) is 8.57. The van der Waals surface area contributed by atoms with Crippen LogP contribution >= 0.6 is 0 Å². The number of rotatable bonds is 6. The summed E-state index contributed by atoms with van der Waals surface area (Å²) in [7, 11) is 1.60. The van der Waals surface area contributed by atoms with E-state index >= 15 is 0 Å². The van der Waals surface area contributed by atoms with E-state index < -0.39 is 11.7 Å². The molecule has 2 rings (SSSR count). The monoisotopic (exact) mass is 387 g/mol. The van der Waals surface area contributed by atoms with Crippen LogP contribution in [0.1, 0.15) is 16.7 Å². The molecule has 2 aromatic rings. The summed E-state index contributed by atoms with van der Waals surface area (Å²) in [6.07, 6.45) is -0.0698. The number of carbonyl (C=O) groups is 1. The summed E-state index contributed by atoms with van der Waals surface area (Å²) in [6.45, 7) is 3.63. The van der Waals surface area contributed by atoms with Gasteiger partial charge in [-0.3, -0.25) is 9.79 Å². The fourth-order valence-electron chi connectivity index (χ4n) is 2.53. The molecule has 28 heavy (non-hydrogen) atoms. The molecule has 0 radical (unpaired) electrons. The molecule has 0 aliphatic rings. The van der Waals surface area contributed by atoms with Crippen LogP contribution < -0.4 is 11.1 Å². The largest absolute Gasteiger partial charge is 0.416 e. The summed E-state index contributed by atoms with van der Waals surface area (Å²) >= 11 is 0. The molecule has 0 saturated carbocycles. The van der Waals surface area contributed by atoms with Gasteiger partial charge in [0.25, 0.3) is 0 Å². The lowest BCUT2D eigenvalue weighted by molar-refractivity contribution is -0.137. The van der Waals surface area contributed by atoms with E-state index in [1.807, 2.05) is 0 Å². The first-order valence-electron chi connectivity index (χ1n) is 8.35. The number of allylic oxidation sites excluding steroid dienone is 1. The lowest BCUT2D eigenvalue weighted by Gasteiger charge is -2.13. The Bertz CT molecular complexity index is 913. The van der Waals surface area contributed by atoms with Gasteiger partial charge in [-0.2, -0.15) is 13.2 Å². The van der Waals surface area contributed by atoms with Crippen LogP contribution in [0.2, 0.25) is 0 Å². The second-order valence-electron chi connectivity index (χ2n) is 5.90. The number of aliphatic imine (C=N–C) groups is 1. The van der Waals surface area contributed by atoms with Gasteiger partial charge in [0, 0.05) is 31.1 Å². The Balaban J connectivity index is 2.44. The summed E-state index contributed by atoms with van der Waals surface area (Å²) < 4.78 is 38.3. The van der Waals surface area contributed by atoms with Gasteiger partial charge in [-0.1, -0.05) is 30.8 Å². The normalized spacial score (nSPS) is 12.2. The predicted octanol–water partition coefficient (Wildman–Crippen LogP) is 4.17. The fraction of sp³-hybridized carbons (Fsp3) is 0.143. The van der Waals surface area contributed by atoms with Crippen molar-refractivity contribution in [2.75, 3.05) is 7.05 Å². The lowest BCUT2D eigenvalue weighted by Crippen LogP contribution is -2.21. The van der Waals surface area contributed by atoms with Crippen LogP contribution in [-0.2, 0) is 17.5 Å². The molecule has 0 bridgehead atoms. The number of hydrogen-bond acceptors (Lipinski definition) is 3. The molecule has 0 aromatic heterocycles. The molecule has 4 nitrogen and oxygen atoms in total. The van der Waals surface area contributed by atoms with E-state index in [0.717, 1.165) is 17.7 Å². The number of hydrogen-bond donors (Lipinski definition) is 2. The maximum absolute atomic E-state index is 12.8. The molecule has 0 atom stereocenters. The van der Waals surface area contributed by atoms with Gasteiger partial charge in [-0.05, 0) is 47.0 Å². The number of amides is 1. The van der Waals surface area contributed by atoms with Gasteiger partial charge in [-0.15, -0.1) is 0 Å². The van der Waals surface area contributed by atoms with Crippen LogP contribution in [0.3, 0.4) is 0 Å². The second-order valence-corrected chi connectivity index (χ2v) is 5.90. The smallest absolute Gasteiger partial charge is 0.398 e. The van der Waals surface area contributed by atoms with E-state index in [1.54, 1.807) is 31.3 Å². The van der Waals surface area contributed by atoms with Gasteiger partial charge in [0.05, 0.1) is 5.56 Å². The average molecular weight is 387 g/mol. The molecule has 146 valence electrons. The first-order chi connectivity index (χ1) is 13.3. The quantitative estimate of drug-likeness (QED) is 0.577. The standard InChI is InChI=1S/C21H20F3N3O/c1-3-20(28)27-13-16-5-4-15(12-18(16)19(25)10-11-26-2)14-6-8-17(9-7-14)21(22,23)24/h3-12H,1,13,25H2,2H3,(H,27,28)/b19-10-,26-11?. The van der Waals surface area contributed by atoms with E-state index in [0.29, 0.717) is 22.4 Å². The topological polar surface area (TPSA) is 67.5 Å². The Morgan fingerprint density at radius 3 is 2.39 bits per heavy atom. The lowest BCUT2D eigenvalue weighted by atomic mass is 9.96. The van der Waals surface area contributed by atoms with E-state index in [-0.39, 0.29) is 12.5 Å². The zero-order valence-electron chi connectivity index (χ0n) is 15.3. The van der Waals surface area contributed by atoms with Crippen molar-refractivity contribution in [1.29, 1.82) is 0 Å². The molecule has 3 N–H and O–H groups in total. The number of halogens is 3. The van der Waals surface area contributed by atoms with Crippen LogP contribution in [0.25, 0.3) is 16.8 Å². The van der Waals surface area contributed by atoms with Crippen molar-refractivity contribution in [3.05, 3.63) is 77.9 Å². The number of nitrogens with zero attached hydrogens (tertiary/aromatic N) is 1. The van der Waals surface area contributed by atoms with Gasteiger partial charge in [0.1, 0.15) is 0 Å². The van der Waals surface area contributed by atoms with Crippen molar-refractivity contribution in [2.24, 2.45) is 10.7 Å². The van der Waals surface area contributed by atoms with Gasteiger partial charge >= 0.3 is 6.18 Å². The molecule has 2 aromatic carbocycles. The molecular weight excluding hydrogens is 367 g/mol. The molecule has 0 spiro atoms. The molecule has 0 fully saturated rings. The molecule has 1 amide bonds. The minimum atomic E-state index is -4.39. The van der Waals surface area contributed by atoms with Crippen LogP contribution in [0.4, 0.5) is 13.2 Å². The second kappa shape index (κ2) is 9.03. The molecule has 0 heterocycles. The summed E-state index contributed by atoms with van der Waals surface area (Å²) in [4.78, 5) is 15.3. The molecule has 0 aliphatic heterocycles. The van der Waals surface area contributed by atoms with E-state index in [9.17, 15) is 18.0 Å². The molecule has 0 aliphatic carbocycles. The van der Waals surface area contributed by atoms with Crippen molar-refractivity contribution in [2.45, 2.75) is 12.7 Å². The summed E-state index contributed by atoms with van der Waals surface area (Å²) in [5.74, 6) is -0.324. The Morgan fingerprint density at radius 1 is 1.18 bits per heavy atom. The molecule has 7 heteroatoms. The molecular formula is C21H20F3N3O. The van der Waals surface area contributed by atoms with Crippen LogP contribution in [0.5, 0.6) is 0 Å². The van der Waals surface area contributed by atoms with E-state index in [1.165, 1.54) is 24.4 Å². The zero-order valence-corrected chi connectivity index (χ0v) is 15.3. The number of nitrogens with two attached hydrogens (primary N) is 1. The van der Waals surface area contributed by atoms with Crippen LogP contribution in [0, 0.1) is 0 Å². The maximum Gasteiger partial charge on any atom is 0.416 e. The van der Waals surface area contributed by atoms with E-state index in [4.69, 9.17) is 5.73 Å². The maximum atomic E-state index is 12.8. The van der Waals surface area contributed by atoms with Crippen molar-refractivity contribution >= 4 is 17.8 Å². The van der Waals surface area contributed by atoms with Crippen molar-refractivity contribution < 1.29 is 18.0 Å². The van der Waals surface area contributed by atoms with Crippen molar-refractivity contribution in [3.8, 4) is 11.1 Å².